The lowest BCUT2D eigenvalue weighted by Gasteiger charge is -2.08. The van der Waals surface area contributed by atoms with Crippen LogP contribution >= 0.6 is 0 Å². The molecule has 0 amide bonds. The summed E-state index contributed by atoms with van der Waals surface area (Å²) in [7, 11) is -3.41. The molecular formula is C14H18N4O2S. The van der Waals surface area contributed by atoms with E-state index >= 15 is 0 Å². The van der Waals surface area contributed by atoms with Gasteiger partial charge in [0, 0.05) is 18.4 Å². The molecule has 21 heavy (non-hydrogen) atoms. The second kappa shape index (κ2) is 7.14. The summed E-state index contributed by atoms with van der Waals surface area (Å²) in [5, 5.41) is 10.9. The van der Waals surface area contributed by atoms with Crippen molar-refractivity contribution in [1.82, 2.24) is 14.9 Å². The number of nitrogens with one attached hydrogen (secondary N) is 2. The molecule has 0 bridgehead atoms. The van der Waals surface area contributed by atoms with Crippen LogP contribution in [0.4, 0.5) is 5.69 Å². The molecule has 2 N–H and O–H groups in total. The Bertz CT molecular complexity index is 657. The summed E-state index contributed by atoms with van der Waals surface area (Å²) < 4.78 is 26.4. The third-order valence-corrected chi connectivity index (χ3v) is 4.28. The standard InChI is InChI=1S/C14H18N4O2S/c1-2-9-17-21(19,20)14-7-5-12(6-8-14)15-11-13-4-3-10-16-18-13/h3-8,10,15,17H,2,9,11H2,1H3. The minimum absolute atomic E-state index is 0.265. The zero-order valence-corrected chi connectivity index (χ0v) is 12.6. The Morgan fingerprint density at radius 2 is 1.90 bits per heavy atom. The molecule has 0 fully saturated rings. The van der Waals surface area contributed by atoms with Crippen molar-refractivity contribution < 1.29 is 8.42 Å². The van der Waals surface area contributed by atoms with Crippen molar-refractivity contribution in [3.8, 4) is 0 Å². The summed E-state index contributed by atoms with van der Waals surface area (Å²) in [5.41, 5.74) is 1.65. The van der Waals surface area contributed by atoms with Crippen molar-refractivity contribution in [3.63, 3.8) is 0 Å². The van der Waals surface area contributed by atoms with Gasteiger partial charge in [0.05, 0.1) is 17.1 Å². The molecule has 0 aliphatic rings. The maximum atomic E-state index is 11.9. The predicted molar refractivity (Wildman–Crippen MR) is 81.3 cm³/mol. The number of hydrogen-bond donors (Lipinski definition) is 2. The molecular weight excluding hydrogens is 288 g/mol. The van der Waals surface area contributed by atoms with Gasteiger partial charge >= 0.3 is 0 Å². The summed E-state index contributed by atoms with van der Waals surface area (Å²) in [4.78, 5) is 0.265. The molecule has 1 aromatic carbocycles. The van der Waals surface area contributed by atoms with E-state index in [4.69, 9.17) is 0 Å². The highest BCUT2D eigenvalue weighted by atomic mass is 32.2. The molecule has 0 atom stereocenters. The average molecular weight is 306 g/mol. The molecule has 0 radical (unpaired) electrons. The molecule has 7 heteroatoms. The number of anilines is 1. The summed E-state index contributed by atoms with van der Waals surface area (Å²) in [6.07, 6.45) is 2.38. The van der Waals surface area contributed by atoms with E-state index < -0.39 is 10.0 Å². The third kappa shape index (κ3) is 4.51. The fraction of sp³-hybridized carbons (Fsp3) is 0.286. The van der Waals surface area contributed by atoms with Crippen molar-refractivity contribution in [1.29, 1.82) is 0 Å². The first-order valence-corrected chi connectivity index (χ1v) is 8.20. The van der Waals surface area contributed by atoms with Crippen LogP contribution in [0.2, 0.25) is 0 Å². The number of sulfonamides is 1. The second-order valence-electron chi connectivity index (χ2n) is 4.49. The van der Waals surface area contributed by atoms with E-state index in [1.807, 2.05) is 19.1 Å². The van der Waals surface area contributed by atoms with Gasteiger partial charge < -0.3 is 5.32 Å². The topological polar surface area (TPSA) is 84.0 Å². The zero-order valence-electron chi connectivity index (χ0n) is 11.8. The Kier molecular flexibility index (Phi) is 5.24. The Morgan fingerprint density at radius 3 is 2.52 bits per heavy atom. The van der Waals surface area contributed by atoms with Crippen LogP contribution in [-0.4, -0.2) is 25.2 Å². The average Bonchev–Trinajstić information content (AvgIpc) is 2.52. The summed E-state index contributed by atoms with van der Waals surface area (Å²) >= 11 is 0. The lowest BCUT2D eigenvalue weighted by Crippen LogP contribution is -2.24. The molecule has 2 aromatic rings. The molecule has 6 nitrogen and oxygen atoms in total. The van der Waals surface area contributed by atoms with E-state index in [0.29, 0.717) is 13.1 Å². The molecule has 0 aliphatic heterocycles. The van der Waals surface area contributed by atoms with Gasteiger partial charge in [-0.2, -0.15) is 10.2 Å². The van der Waals surface area contributed by atoms with Gasteiger partial charge in [-0.1, -0.05) is 6.92 Å². The van der Waals surface area contributed by atoms with Gasteiger partial charge in [0.15, 0.2) is 0 Å². The normalized spacial score (nSPS) is 11.3. The highest BCUT2D eigenvalue weighted by Crippen LogP contribution is 2.14. The van der Waals surface area contributed by atoms with Crippen LogP contribution < -0.4 is 10.0 Å². The van der Waals surface area contributed by atoms with E-state index in [9.17, 15) is 8.42 Å². The Balaban J connectivity index is 1.99. The van der Waals surface area contributed by atoms with Gasteiger partial charge in [-0.25, -0.2) is 13.1 Å². The van der Waals surface area contributed by atoms with Crippen LogP contribution in [0, 0.1) is 0 Å². The minimum atomic E-state index is -3.41. The van der Waals surface area contributed by atoms with Crippen molar-refractivity contribution in [2.75, 3.05) is 11.9 Å². The highest BCUT2D eigenvalue weighted by Gasteiger charge is 2.12. The van der Waals surface area contributed by atoms with E-state index in [2.05, 4.69) is 20.2 Å². The second-order valence-corrected chi connectivity index (χ2v) is 6.26. The molecule has 1 heterocycles. The van der Waals surface area contributed by atoms with Crippen LogP contribution in [0.5, 0.6) is 0 Å². The van der Waals surface area contributed by atoms with Gasteiger partial charge in [0.2, 0.25) is 10.0 Å². The maximum absolute atomic E-state index is 11.9. The van der Waals surface area contributed by atoms with Crippen LogP contribution in [0.1, 0.15) is 19.0 Å². The minimum Gasteiger partial charge on any atom is -0.379 e. The van der Waals surface area contributed by atoms with E-state index in [1.54, 1.807) is 30.5 Å². The van der Waals surface area contributed by atoms with E-state index in [-0.39, 0.29) is 4.90 Å². The van der Waals surface area contributed by atoms with Gasteiger partial charge in [-0.3, -0.25) is 0 Å². The number of benzene rings is 1. The van der Waals surface area contributed by atoms with E-state index in [1.165, 1.54) is 0 Å². The van der Waals surface area contributed by atoms with Crippen molar-refractivity contribution in [3.05, 3.63) is 48.3 Å². The first-order valence-electron chi connectivity index (χ1n) is 6.72. The smallest absolute Gasteiger partial charge is 0.240 e. The predicted octanol–water partition coefficient (Wildman–Crippen LogP) is 1.78. The third-order valence-electron chi connectivity index (χ3n) is 2.81. The monoisotopic (exact) mass is 306 g/mol. The maximum Gasteiger partial charge on any atom is 0.240 e. The Morgan fingerprint density at radius 1 is 1.14 bits per heavy atom. The lowest BCUT2D eigenvalue weighted by atomic mass is 10.3. The molecule has 112 valence electrons. The van der Waals surface area contributed by atoms with Gasteiger partial charge in [-0.15, -0.1) is 0 Å². The molecule has 0 saturated heterocycles. The number of aromatic nitrogens is 2. The molecule has 1 aromatic heterocycles. The van der Waals surface area contributed by atoms with Crippen molar-refractivity contribution >= 4 is 15.7 Å². The number of hydrogen-bond acceptors (Lipinski definition) is 5. The fourth-order valence-corrected chi connectivity index (χ4v) is 2.83. The van der Waals surface area contributed by atoms with Gasteiger partial charge in [0.25, 0.3) is 0 Å². The summed E-state index contributed by atoms with van der Waals surface area (Å²) in [5.74, 6) is 0. The molecule has 0 spiro atoms. The SMILES string of the molecule is CCCNS(=O)(=O)c1ccc(NCc2cccnn2)cc1. The van der Waals surface area contributed by atoms with Crippen LogP contribution in [0.15, 0.2) is 47.5 Å². The first kappa shape index (κ1) is 15.4. The quantitative estimate of drug-likeness (QED) is 0.814. The highest BCUT2D eigenvalue weighted by molar-refractivity contribution is 7.89. The lowest BCUT2D eigenvalue weighted by molar-refractivity contribution is 0.581. The molecule has 2 rings (SSSR count). The fourth-order valence-electron chi connectivity index (χ4n) is 1.69. The zero-order chi connectivity index (χ0) is 15.1. The number of rotatable bonds is 7. The van der Waals surface area contributed by atoms with Gasteiger partial charge in [-0.05, 0) is 42.8 Å². The molecule has 0 aliphatic carbocycles. The summed E-state index contributed by atoms with van der Waals surface area (Å²) in [6, 6.07) is 10.3. The van der Waals surface area contributed by atoms with Crippen molar-refractivity contribution in [2.45, 2.75) is 24.8 Å². The number of nitrogens with zero attached hydrogens (tertiary/aromatic N) is 2. The van der Waals surface area contributed by atoms with Crippen LogP contribution in [-0.2, 0) is 16.6 Å². The Labute approximate surface area is 124 Å². The largest absolute Gasteiger partial charge is 0.379 e. The van der Waals surface area contributed by atoms with Gasteiger partial charge in [0.1, 0.15) is 0 Å². The first-order chi connectivity index (χ1) is 10.1. The molecule has 0 saturated carbocycles. The van der Waals surface area contributed by atoms with Crippen LogP contribution in [0.25, 0.3) is 0 Å². The van der Waals surface area contributed by atoms with E-state index in [0.717, 1.165) is 17.8 Å². The summed E-state index contributed by atoms with van der Waals surface area (Å²) in [6.45, 7) is 2.89. The molecule has 0 unspecified atom stereocenters. The van der Waals surface area contributed by atoms with Crippen molar-refractivity contribution in [2.24, 2.45) is 0 Å². The Hall–Kier alpha value is -1.99. The van der Waals surface area contributed by atoms with Crippen LogP contribution in [0.3, 0.4) is 0 Å².